The smallest absolute Gasteiger partial charge is 0.266 e. The highest BCUT2D eigenvalue weighted by Gasteiger charge is 2.24. The summed E-state index contributed by atoms with van der Waals surface area (Å²) in [5.41, 5.74) is 0.936. The number of ether oxygens (including phenoxy) is 1. The molecule has 0 unspecified atom stereocenters. The van der Waals surface area contributed by atoms with Crippen molar-refractivity contribution in [2.24, 2.45) is 4.99 Å². The highest BCUT2D eigenvalue weighted by Crippen LogP contribution is 2.21. The van der Waals surface area contributed by atoms with E-state index in [1.54, 1.807) is 12.1 Å². The van der Waals surface area contributed by atoms with Gasteiger partial charge in [-0.1, -0.05) is 6.07 Å². The van der Waals surface area contributed by atoms with Crippen LogP contribution in [0.4, 0.5) is 0 Å². The molecule has 2 N–H and O–H groups in total. The molecule has 0 saturated carbocycles. The van der Waals surface area contributed by atoms with Gasteiger partial charge < -0.3 is 10.1 Å². The molecule has 1 aromatic heterocycles. The lowest BCUT2D eigenvalue weighted by Crippen LogP contribution is -2.51. The third-order valence-corrected chi connectivity index (χ3v) is 6.07. The second-order valence-electron chi connectivity index (χ2n) is 5.97. The Morgan fingerprint density at radius 2 is 2.32 bits per heavy atom. The molecule has 11 heteroatoms. The van der Waals surface area contributed by atoms with Crippen molar-refractivity contribution in [3.63, 3.8) is 0 Å². The minimum absolute atomic E-state index is 0.102. The fourth-order valence-electron chi connectivity index (χ4n) is 2.91. The summed E-state index contributed by atoms with van der Waals surface area (Å²) >= 11 is 0.988. The summed E-state index contributed by atoms with van der Waals surface area (Å²) in [6, 6.07) is 4.90. The van der Waals surface area contributed by atoms with Gasteiger partial charge in [0.2, 0.25) is 5.96 Å². The van der Waals surface area contributed by atoms with E-state index in [-0.39, 0.29) is 17.0 Å². The number of benzene rings is 1. The van der Waals surface area contributed by atoms with Crippen LogP contribution in [0.25, 0.3) is 11.0 Å². The van der Waals surface area contributed by atoms with E-state index in [1.807, 2.05) is 0 Å². The maximum atomic E-state index is 12.6. The normalized spacial score (nSPS) is 21.9. The number of fused-ring (bicyclic) bond motifs is 1. The number of aromatic nitrogens is 2. The molecule has 2 aliphatic rings. The monoisotopic (exact) mass is 382 g/mol. The third kappa shape index (κ3) is 3.59. The molecule has 9 nitrogen and oxygen atoms in total. The molecule has 2 aromatic rings. The first-order valence-corrected chi connectivity index (χ1v) is 10.2. The summed E-state index contributed by atoms with van der Waals surface area (Å²) in [6.07, 6.45) is 2.40. The third-order valence-electron chi connectivity index (χ3n) is 4.15. The Morgan fingerprint density at radius 3 is 3.08 bits per heavy atom. The van der Waals surface area contributed by atoms with E-state index < -0.39 is 10.0 Å². The molecular formula is C14H18N6O3S2. The van der Waals surface area contributed by atoms with Crippen molar-refractivity contribution in [1.29, 1.82) is 0 Å². The Bertz CT molecular complexity index is 891. The highest BCUT2D eigenvalue weighted by molar-refractivity contribution is 7.90. The van der Waals surface area contributed by atoms with Gasteiger partial charge in [-0.05, 0) is 25.0 Å². The molecule has 25 heavy (non-hydrogen) atoms. The standard InChI is InChI=1S/C14H18N6O3S2/c21-25(22,12-5-1-4-11-13(12)18-24-17-11)19-14-15-8-20(9-16-14)7-10-3-2-6-23-10/h1,4-5,10H,2-3,6-9H2,(H2,15,16,19)/t10-/m1/s1. The van der Waals surface area contributed by atoms with Crippen molar-refractivity contribution in [3.05, 3.63) is 18.2 Å². The van der Waals surface area contributed by atoms with E-state index in [2.05, 4.69) is 28.7 Å². The van der Waals surface area contributed by atoms with Gasteiger partial charge in [0.15, 0.2) is 0 Å². The molecule has 1 atom stereocenters. The quantitative estimate of drug-likeness (QED) is 0.784. The van der Waals surface area contributed by atoms with E-state index >= 15 is 0 Å². The zero-order valence-corrected chi connectivity index (χ0v) is 15.0. The first-order chi connectivity index (χ1) is 12.1. The fourth-order valence-corrected chi connectivity index (χ4v) is 4.68. The molecule has 0 amide bonds. The van der Waals surface area contributed by atoms with Gasteiger partial charge in [-0.3, -0.25) is 4.90 Å². The highest BCUT2D eigenvalue weighted by atomic mass is 32.2. The van der Waals surface area contributed by atoms with Gasteiger partial charge in [-0.2, -0.15) is 8.75 Å². The lowest BCUT2D eigenvalue weighted by molar-refractivity contribution is 0.0714. The Morgan fingerprint density at radius 1 is 1.40 bits per heavy atom. The van der Waals surface area contributed by atoms with E-state index in [4.69, 9.17) is 4.74 Å². The van der Waals surface area contributed by atoms with Crippen molar-refractivity contribution in [3.8, 4) is 0 Å². The SMILES string of the molecule is O=S(=O)(NC1=NCN(C[C@H]2CCCO2)CN1)c1cccc2nsnc12. The van der Waals surface area contributed by atoms with Crippen molar-refractivity contribution >= 4 is 38.7 Å². The van der Waals surface area contributed by atoms with E-state index in [0.29, 0.717) is 24.4 Å². The molecule has 1 saturated heterocycles. The van der Waals surface area contributed by atoms with Gasteiger partial charge in [0.1, 0.15) is 15.9 Å². The topological polar surface area (TPSA) is 109 Å². The molecule has 3 heterocycles. The Kier molecular flexibility index (Phi) is 4.54. The predicted octanol–water partition coefficient (Wildman–Crippen LogP) is 0.325. The lowest BCUT2D eigenvalue weighted by atomic mass is 10.2. The number of aliphatic imine (C=N–C) groups is 1. The van der Waals surface area contributed by atoms with Gasteiger partial charge >= 0.3 is 0 Å². The van der Waals surface area contributed by atoms with Gasteiger partial charge in [-0.15, -0.1) is 0 Å². The molecule has 1 fully saturated rings. The van der Waals surface area contributed by atoms with Gasteiger partial charge in [0, 0.05) is 13.2 Å². The summed E-state index contributed by atoms with van der Waals surface area (Å²) in [7, 11) is -3.78. The summed E-state index contributed by atoms with van der Waals surface area (Å²) in [5.74, 6) is 0.240. The van der Waals surface area contributed by atoms with Crippen LogP contribution in [0.2, 0.25) is 0 Å². The number of guanidine groups is 1. The minimum atomic E-state index is -3.78. The second kappa shape index (κ2) is 6.83. The number of nitrogens with zero attached hydrogens (tertiary/aromatic N) is 4. The first-order valence-electron chi connectivity index (χ1n) is 7.98. The van der Waals surface area contributed by atoms with Crippen LogP contribution in [0.5, 0.6) is 0 Å². The lowest BCUT2D eigenvalue weighted by Gasteiger charge is -2.28. The van der Waals surface area contributed by atoms with Crippen LogP contribution in [0, 0.1) is 0 Å². The van der Waals surface area contributed by atoms with Crippen molar-refractivity contribution in [2.45, 2.75) is 23.8 Å². The molecule has 0 spiro atoms. The largest absolute Gasteiger partial charge is 0.377 e. The molecular weight excluding hydrogens is 364 g/mol. The number of hydrogen-bond acceptors (Lipinski definition) is 9. The van der Waals surface area contributed by atoms with Crippen LogP contribution in [-0.4, -0.2) is 60.6 Å². The van der Waals surface area contributed by atoms with Crippen LogP contribution >= 0.6 is 11.7 Å². The number of nitrogens with one attached hydrogen (secondary N) is 2. The average molecular weight is 382 g/mol. The van der Waals surface area contributed by atoms with E-state index in [0.717, 1.165) is 37.7 Å². The van der Waals surface area contributed by atoms with E-state index in [9.17, 15) is 8.42 Å². The second-order valence-corrected chi connectivity index (χ2v) is 8.14. The van der Waals surface area contributed by atoms with Crippen LogP contribution in [0.15, 0.2) is 28.1 Å². The van der Waals surface area contributed by atoms with Crippen LogP contribution in [0.1, 0.15) is 12.8 Å². The zero-order valence-electron chi connectivity index (χ0n) is 13.4. The summed E-state index contributed by atoms with van der Waals surface area (Å²) in [5, 5.41) is 3.01. The van der Waals surface area contributed by atoms with Crippen molar-refractivity contribution < 1.29 is 13.2 Å². The summed E-state index contributed by atoms with van der Waals surface area (Å²) in [6.45, 7) is 2.55. The number of rotatable bonds is 4. The zero-order chi connectivity index (χ0) is 17.3. The molecule has 2 aliphatic heterocycles. The first kappa shape index (κ1) is 16.6. The molecule has 0 radical (unpaired) electrons. The number of sulfonamides is 1. The Balaban J connectivity index is 1.44. The van der Waals surface area contributed by atoms with Gasteiger partial charge in [-0.25, -0.2) is 18.1 Å². The van der Waals surface area contributed by atoms with E-state index in [1.165, 1.54) is 6.07 Å². The molecule has 134 valence electrons. The molecule has 4 rings (SSSR count). The molecule has 1 aromatic carbocycles. The van der Waals surface area contributed by atoms with Gasteiger partial charge in [0.25, 0.3) is 10.0 Å². The Hall–Kier alpha value is -1.82. The predicted molar refractivity (Wildman–Crippen MR) is 93.7 cm³/mol. The van der Waals surface area contributed by atoms with Crippen LogP contribution < -0.4 is 10.0 Å². The maximum Gasteiger partial charge on any atom is 0.266 e. The van der Waals surface area contributed by atoms with Gasteiger partial charge in [0.05, 0.1) is 31.2 Å². The summed E-state index contributed by atoms with van der Waals surface area (Å²) < 4.78 is 41.5. The maximum absolute atomic E-state index is 12.6. The van der Waals surface area contributed by atoms with Crippen LogP contribution in [-0.2, 0) is 14.8 Å². The average Bonchev–Trinajstić information content (AvgIpc) is 3.27. The molecule has 0 bridgehead atoms. The molecule has 0 aliphatic carbocycles. The number of hydrogen-bond donors (Lipinski definition) is 2. The minimum Gasteiger partial charge on any atom is -0.377 e. The summed E-state index contributed by atoms with van der Waals surface area (Å²) in [4.78, 5) is 6.47. The Labute approximate surface area is 149 Å². The fraction of sp³-hybridized carbons (Fsp3) is 0.500. The van der Waals surface area contributed by atoms with Crippen molar-refractivity contribution in [2.75, 3.05) is 26.5 Å². The van der Waals surface area contributed by atoms with Crippen LogP contribution in [0.3, 0.4) is 0 Å². The van der Waals surface area contributed by atoms with Crippen molar-refractivity contribution in [1.82, 2.24) is 23.7 Å².